The zero-order chi connectivity index (χ0) is 12.2. The summed E-state index contributed by atoms with van der Waals surface area (Å²) >= 11 is 1.72. The number of amides is 1. The number of methoxy groups -OCH3 is 1. The third kappa shape index (κ3) is 3.37. The molecule has 1 amide bonds. The normalized spacial score (nSPS) is 26.8. The van der Waals surface area contributed by atoms with Crippen LogP contribution in [0.2, 0.25) is 0 Å². The zero-order valence-electron chi connectivity index (χ0n) is 10.2. The molecular formula is C11H21NO3S. The molecule has 4 nitrogen and oxygen atoms in total. The first-order valence-corrected chi connectivity index (χ1v) is 6.54. The molecule has 0 aromatic carbocycles. The summed E-state index contributed by atoms with van der Waals surface area (Å²) in [5.74, 6) is 1.17. The summed E-state index contributed by atoms with van der Waals surface area (Å²) in [6, 6.07) is 0. The van der Waals surface area contributed by atoms with E-state index in [1.165, 1.54) is 0 Å². The topological polar surface area (TPSA) is 49.8 Å². The molecule has 0 saturated carbocycles. The first-order chi connectivity index (χ1) is 7.49. The summed E-state index contributed by atoms with van der Waals surface area (Å²) in [6.45, 7) is 2.59. The van der Waals surface area contributed by atoms with Gasteiger partial charge in [0.05, 0.1) is 17.5 Å². The summed E-state index contributed by atoms with van der Waals surface area (Å²) in [6.07, 6.45) is 1.43. The third-order valence-electron chi connectivity index (χ3n) is 2.86. The highest BCUT2D eigenvalue weighted by Gasteiger charge is 2.39. The van der Waals surface area contributed by atoms with Gasteiger partial charge < -0.3 is 14.7 Å². The number of nitrogens with zero attached hydrogens (tertiary/aromatic N) is 1. The molecule has 0 aliphatic carbocycles. The van der Waals surface area contributed by atoms with Crippen LogP contribution in [0.25, 0.3) is 0 Å². The van der Waals surface area contributed by atoms with Crippen LogP contribution in [0.5, 0.6) is 0 Å². The molecule has 5 heteroatoms. The number of carbonyl (C=O) groups excluding carboxylic acids is 1. The van der Waals surface area contributed by atoms with Gasteiger partial charge in [-0.15, -0.1) is 11.8 Å². The van der Waals surface area contributed by atoms with E-state index in [-0.39, 0.29) is 17.3 Å². The van der Waals surface area contributed by atoms with Gasteiger partial charge in [-0.2, -0.15) is 0 Å². The Hall–Kier alpha value is -0.260. The molecule has 0 aromatic heterocycles. The molecule has 0 aromatic rings. The Balaban J connectivity index is 2.46. The molecule has 1 rings (SSSR count). The monoisotopic (exact) mass is 247 g/mol. The lowest BCUT2D eigenvalue weighted by atomic mass is 10.0. The molecular weight excluding hydrogens is 226 g/mol. The van der Waals surface area contributed by atoms with Crippen molar-refractivity contribution in [2.75, 3.05) is 33.1 Å². The van der Waals surface area contributed by atoms with Gasteiger partial charge in [-0.25, -0.2) is 0 Å². The van der Waals surface area contributed by atoms with Crippen molar-refractivity contribution in [3.05, 3.63) is 0 Å². The van der Waals surface area contributed by atoms with Crippen molar-refractivity contribution >= 4 is 17.7 Å². The molecule has 1 heterocycles. The van der Waals surface area contributed by atoms with Crippen LogP contribution in [-0.2, 0) is 9.53 Å². The average molecular weight is 247 g/mol. The first kappa shape index (κ1) is 13.8. The van der Waals surface area contributed by atoms with Crippen LogP contribution in [0, 0.1) is 0 Å². The SMILES string of the molecule is COCC(O)CN(C)C(=O)C1(C)CCCS1. The quantitative estimate of drug-likeness (QED) is 0.778. The van der Waals surface area contributed by atoms with Gasteiger partial charge in [-0.1, -0.05) is 0 Å². The molecule has 2 atom stereocenters. The molecule has 1 aliphatic rings. The second-order valence-corrected chi connectivity index (χ2v) is 6.08. The lowest BCUT2D eigenvalue weighted by Gasteiger charge is -2.29. The average Bonchev–Trinajstić information content (AvgIpc) is 2.65. The van der Waals surface area contributed by atoms with E-state index in [9.17, 15) is 9.90 Å². The van der Waals surface area contributed by atoms with Crippen LogP contribution in [0.15, 0.2) is 0 Å². The number of rotatable bonds is 5. The van der Waals surface area contributed by atoms with E-state index in [4.69, 9.17) is 4.74 Å². The molecule has 0 bridgehead atoms. The number of carbonyl (C=O) groups is 1. The minimum atomic E-state index is -0.603. The second kappa shape index (κ2) is 5.89. The largest absolute Gasteiger partial charge is 0.389 e. The zero-order valence-corrected chi connectivity index (χ0v) is 11.0. The Kier molecular flexibility index (Phi) is 5.08. The summed E-state index contributed by atoms with van der Waals surface area (Å²) < 4.78 is 4.55. The number of hydrogen-bond acceptors (Lipinski definition) is 4. The predicted molar refractivity (Wildman–Crippen MR) is 65.6 cm³/mol. The molecule has 0 spiro atoms. The maximum absolute atomic E-state index is 12.2. The summed E-state index contributed by atoms with van der Waals surface area (Å²) in [5, 5.41) is 9.57. The van der Waals surface area contributed by atoms with Crippen molar-refractivity contribution < 1.29 is 14.6 Å². The van der Waals surface area contributed by atoms with E-state index in [0.29, 0.717) is 6.54 Å². The molecule has 1 fully saturated rings. The predicted octanol–water partition coefficient (Wildman–Crippen LogP) is 0.738. The van der Waals surface area contributed by atoms with Crippen molar-refractivity contribution in [2.45, 2.75) is 30.6 Å². The maximum atomic E-state index is 12.2. The van der Waals surface area contributed by atoms with Crippen molar-refractivity contribution in [1.29, 1.82) is 0 Å². The van der Waals surface area contributed by atoms with Crippen LogP contribution in [0.3, 0.4) is 0 Å². The molecule has 1 aliphatic heterocycles. The number of thioether (sulfide) groups is 1. The van der Waals surface area contributed by atoms with E-state index in [1.54, 1.807) is 30.8 Å². The Morgan fingerprint density at radius 3 is 2.88 bits per heavy atom. The van der Waals surface area contributed by atoms with Gasteiger partial charge >= 0.3 is 0 Å². The summed E-state index contributed by atoms with van der Waals surface area (Å²) in [7, 11) is 3.28. The van der Waals surface area contributed by atoms with Crippen LogP contribution in [0.1, 0.15) is 19.8 Å². The van der Waals surface area contributed by atoms with Crippen LogP contribution < -0.4 is 0 Å². The Bertz CT molecular complexity index is 241. The second-order valence-electron chi connectivity index (χ2n) is 4.48. The minimum absolute atomic E-state index is 0.116. The van der Waals surface area contributed by atoms with E-state index in [2.05, 4.69) is 0 Å². The van der Waals surface area contributed by atoms with E-state index >= 15 is 0 Å². The lowest BCUT2D eigenvalue weighted by Crippen LogP contribution is -2.45. The third-order valence-corrected chi connectivity index (χ3v) is 4.37. The number of aliphatic hydroxyl groups excluding tert-OH is 1. The lowest BCUT2D eigenvalue weighted by molar-refractivity contribution is -0.133. The van der Waals surface area contributed by atoms with Gasteiger partial charge in [-0.3, -0.25) is 4.79 Å². The van der Waals surface area contributed by atoms with Crippen LogP contribution in [-0.4, -0.2) is 59.8 Å². The Labute approximate surface area is 101 Å². The fourth-order valence-corrected chi connectivity index (χ4v) is 3.30. The van der Waals surface area contributed by atoms with Crippen molar-refractivity contribution in [3.8, 4) is 0 Å². The van der Waals surface area contributed by atoms with Crippen molar-refractivity contribution in [1.82, 2.24) is 4.90 Å². The Morgan fingerprint density at radius 2 is 2.38 bits per heavy atom. The molecule has 2 unspecified atom stereocenters. The fraction of sp³-hybridized carbons (Fsp3) is 0.909. The highest BCUT2D eigenvalue weighted by atomic mass is 32.2. The standard InChI is InChI=1S/C11H21NO3S/c1-11(5-4-6-16-11)10(14)12(2)7-9(13)8-15-3/h9,13H,4-8H2,1-3H3. The number of aliphatic hydroxyl groups is 1. The van der Waals surface area contributed by atoms with Crippen molar-refractivity contribution in [3.63, 3.8) is 0 Å². The fourth-order valence-electron chi connectivity index (χ4n) is 2.00. The smallest absolute Gasteiger partial charge is 0.238 e. The van der Waals surface area contributed by atoms with Gasteiger partial charge in [-0.05, 0) is 25.5 Å². The van der Waals surface area contributed by atoms with E-state index in [1.807, 2.05) is 6.92 Å². The van der Waals surface area contributed by atoms with Gasteiger partial charge in [0, 0.05) is 20.7 Å². The van der Waals surface area contributed by atoms with Gasteiger partial charge in [0.15, 0.2) is 0 Å². The molecule has 1 saturated heterocycles. The number of likely N-dealkylation sites (N-methyl/N-ethyl adjacent to an activating group) is 1. The summed E-state index contributed by atoms with van der Waals surface area (Å²) in [5.41, 5.74) is 0. The number of hydrogen-bond donors (Lipinski definition) is 1. The van der Waals surface area contributed by atoms with Gasteiger partial charge in [0.25, 0.3) is 0 Å². The van der Waals surface area contributed by atoms with Gasteiger partial charge in [0.2, 0.25) is 5.91 Å². The maximum Gasteiger partial charge on any atom is 0.238 e. The van der Waals surface area contributed by atoms with Gasteiger partial charge in [0.1, 0.15) is 0 Å². The van der Waals surface area contributed by atoms with E-state index < -0.39 is 6.10 Å². The molecule has 16 heavy (non-hydrogen) atoms. The molecule has 0 radical (unpaired) electrons. The highest BCUT2D eigenvalue weighted by molar-refractivity contribution is 8.01. The molecule has 1 N–H and O–H groups in total. The van der Waals surface area contributed by atoms with Crippen molar-refractivity contribution in [2.24, 2.45) is 0 Å². The molecule has 94 valence electrons. The van der Waals surface area contributed by atoms with E-state index in [0.717, 1.165) is 18.6 Å². The Morgan fingerprint density at radius 1 is 1.69 bits per heavy atom. The van der Waals surface area contributed by atoms with Crippen LogP contribution in [0.4, 0.5) is 0 Å². The highest BCUT2D eigenvalue weighted by Crippen LogP contribution is 2.38. The summed E-state index contributed by atoms with van der Waals surface area (Å²) in [4.78, 5) is 13.8. The minimum Gasteiger partial charge on any atom is -0.389 e. The number of ether oxygens (including phenoxy) is 1. The van der Waals surface area contributed by atoms with Crippen LogP contribution >= 0.6 is 11.8 Å². The first-order valence-electron chi connectivity index (χ1n) is 5.56.